The van der Waals surface area contributed by atoms with Crippen molar-refractivity contribution in [1.82, 2.24) is 9.97 Å². The molecule has 0 bridgehead atoms. The van der Waals surface area contributed by atoms with E-state index in [1.807, 2.05) is 24.3 Å². The first-order chi connectivity index (χ1) is 32.5. The van der Waals surface area contributed by atoms with Crippen LogP contribution in [0.25, 0.3) is 132 Å². The molecule has 0 radical (unpaired) electrons. The molecule has 0 fully saturated rings. The first kappa shape index (κ1) is 37.9. The molecular formula is C62H40N2O2. The lowest BCUT2D eigenvalue weighted by molar-refractivity contribution is 0.668. The second-order valence-corrected chi connectivity index (χ2v) is 17.3. The highest BCUT2D eigenvalue weighted by molar-refractivity contribution is 6.17. The van der Waals surface area contributed by atoms with E-state index in [1.54, 1.807) is 0 Å². The van der Waals surface area contributed by atoms with E-state index in [0.717, 1.165) is 144 Å². The van der Waals surface area contributed by atoms with Gasteiger partial charge in [0.15, 0.2) is 0 Å². The molecule has 4 heteroatoms. The summed E-state index contributed by atoms with van der Waals surface area (Å²) in [5.41, 5.74) is 21.0. The summed E-state index contributed by atoms with van der Waals surface area (Å²) in [5, 5.41) is 6.65. The summed E-state index contributed by atoms with van der Waals surface area (Å²) in [7, 11) is 0. The third-order valence-electron chi connectivity index (χ3n) is 13.4. The predicted octanol–water partition coefficient (Wildman–Crippen LogP) is 17.2. The molecule has 0 unspecified atom stereocenters. The fourth-order valence-corrected chi connectivity index (χ4v) is 10.3. The van der Waals surface area contributed by atoms with E-state index in [4.69, 9.17) is 18.8 Å². The Bertz CT molecular complexity index is 3770. The molecule has 0 amide bonds. The predicted molar refractivity (Wildman–Crippen MR) is 274 cm³/mol. The highest BCUT2D eigenvalue weighted by Gasteiger charge is 2.23. The van der Waals surface area contributed by atoms with E-state index in [9.17, 15) is 0 Å². The largest absolute Gasteiger partial charge is 0.456 e. The van der Waals surface area contributed by atoms with Gasteiger partial charge in [-0.15, -0.1) is 0 Å². The number of hydrogen-bond donors (Lipinski definition) is 0. The Morgan fingerprint density at radius 3 is 1.02 bits per heavy atom. The van der Waals surface area contributed by atoms with Crippen molar-refractivity contribution in [3.8, 4) is 66.8 Å². The molecule has 0 aliphatic carbocycles. The van der Waals surface area contributed by atoms with Crippen molar-refractivity contribution >= 4 is 65.7 Å². The molecule has 0 spiro atoms. The van der Waals surface area contributed by atoms with E-state index in [0.29, 0.717) is 0 Å². The molecule has 0 aliphatic rings. The standard InChI is InChI=1S/C62H40N2O2/c1-37-57(43-25-21-39(22-26-43)45-29-33-55-51(35-45)47-17-9-11-19-53(47)65-55)59(41-13-5-3-6-14-41)49-31-32-50-60(42-15-7-4-8-16-42)58(38(2)64-62(50)61(49)63-37)44-27-23-40(24-28-44)46-30-34-56-52(36-46)48-18-10-12-20-54(48)66-56/h3-36H,1-2H3. The highest BCUT2D eigenvalue weighted by Crippen LogP contribution is 2.46. The van der Waals surface area contributed by atoms with Crippen LogP contribution in [0.15, 0.2) is 215 Å². The average Bonchev–Trinajstić information content (AvgIpc) is 3.94. The van der Waals surface area contributed by atoms with Gasteiger partial charge in [0.25, 0.3) is 0 Å². The molecule has 0 saturated heterocycles. The van der Waals surface area contributed by atoms with Gasteiger partial charge in [0, 0.05) is 66.0 Å². The van der Waals surface area contributed by atoms with Crippen LogP contribution >= 0.6 is 0 Å². The molecule has 9 aromatic carbocycles. The van der Waals surface area contributed by atoms with Crippen LogP contribution in [0.2, 0.25) is 0 Å². The van der Waals surface area contributed by atoms with Crippen LogP contribution in [0, 0.1) is 13.8 Å². The second-order valence-electron chi connectivity index (χ2n) is 17.3. The summed E-state index contributed by atoms with van der Waals surface area (Å²) in [4.78, 5) is 11.0. The molecule has 13 aromatic rings. The van der Waals surface area contributed by atoms with Crippen LogP contribution in [-0.4, -0.2) is 9.97 Å². The van der Waals surface area contributed by atoms with Gasteiger partial charge in [-0.3, -0.25) is 9.97 Å². The molecule has 0 N–H and O–H groups in total. The van der Waals surface area contributed by atoms with Crippen molar-refractivity contribution in [2.24, 2.45) is 0 Å². The van der Waals surface area contributed by atoms with Gasteiger partial charge in [0.05, 0.1) is 11.0 Å². The number of aromatic nitrogens is 2. The minimum absolute atomic E-state index is 0.897. The van der Waals surface area contributed by atoms with Gasteiger partial charge in [-0.2, -0.15) is 0 Å². The minimum Gasteiger partial charge on any atom is -0.456 e. The number of benzene rings is 9. The topological polar surface area (TPSA) is 52.1 Å². The number of nitrogens with zero attached hydrogens (tertiary/aromatic N) is 2. The van der Waals surface area contributed by atoms with Gasteiger partial charge >= 0.3 is 0 Å². The summed E-state index contributed by atoms with van der Waals surface area (Å²) in [6, 6.07) is 73.2. The van der Waals surface area contributed by atoms with Crippen LogP contribution in [0.1, 0.15) is 11.4 Å². The van der Waals surface area contributed by atoms with Crippen LogP contribution < -0.4 is 0 Å². The monoisotopic (exact) mass is 844 g/mol. The zero-order valence-electron chi connectivity index (χ0n) is 36.3. The van der Waals surface area contributed by atoms with Crippen molar-refractivity contribution in [3.05, 3.63) is 218 Å². The average molecular weight is 845 g/mol. The summed E-state index contributed by atoms with van der Waals surface area (Å²) in [5.74, 6) is 0. The smallest absolute Gasteiger partial charge is 0.135 e. The summed E-state index contributed by atoms with van der Waals surface area (Å²) in [6.07, 6.45) is 0. The summed E-state index contributed by atoms with van der Waals surface area (Å²) in [6.45, 7) is 4.28. The Labute approximate surface area is 381 Å². The van der Waals surface area contributed by atoms with Gasteiger partial charge < -0.3 is 8.83 Å². The number of rotatable bonds is 6. The van der Waals surface area contributed by atoms with Crippen molar-refractivity contribution in [1.29, 1.82) is 0 Å². The van der Waals surface area contributed by atoms with Crippen molar-refractivity contribution in [2.75, 3.05) is 0 Å². The van der Waals surface area contributed by atoms with Crippen LogP contribution in [0.3, 0.4) is 0 Å². The van der Waals surface area contributed by atoms with E-state index < -0.39 is 0 Å². The van der Waals surface area contributed by atoms with Gasteiger partial charge in [-0.25, -0.2) is 0 Å². The SMILES string of the molecule is Cc1nc2c(ccc3c(-c4ccccc4)c(-c4ccc(-c5ccc6oc7ccccc7c6c5)cc4)c(C)nc32)c(-c2ccccc2)c1-c1ccc(-c2ccc3oc4ccccc4c3c2)cc1. The zero-order valence-corrected chi connectivity index (χ0v) is 36.3. The molecule has 4 nitrogen and oxygen atoms in total. The molecule has 66 heavy (non-hydrogen) atoms. The zero-order chi connectivity index (χ0) is 43.9. The fourth-order valence-electron chi connectivity index (χ4n) is 10.3. The minimum atomic E-state index is 0.897. The molecule has 0 atom stereocenters. The van der Waals surface area contributed by atoms with Gasteiger partial charge in [0.2, 0.25) is 0 Å². The number of furan rings is 2. The highest BCUT2D eigenvalue weighted by atomic mass is 16.3. The maximum Gasteiger partial charge on any atom is 0.135 e. The first-order valence-corrected chi connectivity index (χ1v) is 22.5. The van der Waals surface area contributed by atoms with E-state index >= 15 is 0 Å². The van der Waals surface area contributed by atoms with Crippen LogP contribution in [0.4, 0.5) is 0 Å². The van der Waals surface area contributed by atoms with Crippen LogP contribution in [0.5, 0.6) is 0 Å². The number of fused-ring (bicyclic) bond motifs is 9. The lowest BCUT2D eigenvalue weighted by Crippen LogP contribution is -2.00. The Morgan fingerprint density at radius 1 is 0.258 bits per heavy atom. The maximum absolute atomic E-state index is 6.13. The normalized spacial score (nSPS) is 11.8. The van der Waals surface area contributed by atoms with Gasteiger partial charge in [0.1, 0.15) is 22.3 Å². The molecule has 0 aliphatic heterocycles. The van der Waals surface area contributed by atoms with E-state index in [-0.39, 0.29) is 0 Å². The number of hydrogen-bond acceptors (Lipinski definition) is 4. The Balaban J connectivity index is 0.952. The molecule has 4 heterocycles. The molecule has 0 saturated carbocycles. The number of aryl methyl sites for hydroxylation is 2. The second kappa shape index (κ2) is 15.0. The Kier molecular flexibility index (Phi) is 8.62. The molecule has 13 rings (SSSR count). The Hall–Kier alpha value is -8.60. The number of pyridine rings is 2. The maximum atomic E-state index is 6.13. The third kappa shape index (κ3) is 6.07. The van der Waals surface area contributed by atoms with Crippen molar-refractivity contribution in [2.45, 2.75) is 13.8 Å². The number of para-hydroxylation sites is 2. The quantitative estimate of drug-likeness (QED) is 0.156. The van der Waals surface area contributed by atoms with Crippen LogP contribution in [-0.2, 0) is 0 Å². The lowest BCUT2D eigenvalue weighted by Gasteiger charge is -2.20. The molecule has 4 aromatic heterocycles. The summed E-state index contributed by atoms with van der Waals surface area (Å²) < 4.78 is 12.3. The first-order valence-electron chi connectivity index (χ1n) is 22.5. The van der Waals surface area contributed by atoms with Gasteiger partial charge in [-0.1, -0.05) is 170 Å². The van der Waals surface area contributed by atoms with Gasteiger partial charge in [-0.05, 0) is 94.8 Å². The fraction of sp³-hybridized carbons (Fsp3) is 0.0323. The van der Waals surface area contributed by atoms with E-state index in [2.05, 4.69) is 196 Å². The molecule has 310 valence electrons. The van der Waals surface area contributed by atoms with Crippen molar-refractivity contribution in [3.63, 3.8) is 0 Å². The summed E-state index contributed by atoms with van der Waals surface area (Å²) >= 11 is 0. The lowest BCUT2D eigenvalue weighted by atomic mass is 9.86. The molecular weight excluding hydrogens is 805 g/mol. The third-order valence-corrected chi connectivity index (χ3v) is 13.4. The Morgan fingerprint density at radius 2 is 0.591 bits per heavy atom. The van der Waals surface area contributed by atoms with E-state index in [1.165, 1.54) is 0 Å². The van der Waals surface area contributed by atoms with Crippen molar-refractivity contribution < 1.29 is 8.83 Å².